The van der Waals surface area contributed by atoms with E-state index in [-0.39, 0.29) is 0 Å². The Kier molecular flexibility index (Phi) is 7.29. The minimum absolute atomic E-state index is 0.524. The fourth-order valence-corrected chi connectivity index (χ4v) is 3.14. The van der Waals surface area contributed by atoms with Gasteiger partial charge in [-0.15, -0.1) is 0 Å². The quantitative estimate of drug-likeness (QED) is 0.614. The van der Waals surface area contributed by atoms with Crippen molar-refractivity contribution in [2.75, 3.05) is 6.54 Å². The monoisotopic (exact) mass is 275 g/mol. The molecule has 20 heavy (non-hydrogen) atoms. The van der Waals surface area contributed by atoms with Crippen LogP contribution in [0.1, 0.15) is 79.8 Å². The van der Waals surface area contributed by atoms with Crippen molar-refractivity contribution in [1.82, 2.24) is 5.32 Å². The van der Waals surface area contributed by atoms with E-state index in [0.29, 0.717) is 6.04 Å². The van der Waals surface area contributed by atoms with Crippen LogP contribution in [0.2, 0.25) is 0 Å². The average molecular weight is 275 g/mol. The molecular formula is C19H33N. The normalized spacial score (nSPS) is 12.7. The van der Waals surface area contributed by atoms with E-state index < -0.39 is 0 Å². The second-order valence-electron chi connectivity index (χ2n) is 6.13. The van der Waals surface area contributed by atoms with E-state index in [9.17, 15) is 0 Å². The molecule has 0 aromatic heterocycles. The average Bonchev–Trinajstić information content (AvgIpc) is 2.41. The number of rotatable bonds is 8. The molecule has 1 unspecified atom stereocenters. The summed E-state index contributed by atoms with van der Waals surface area (Å²) >= 11 is 0. The van der Waals surface area contributed by atoms with E-state index >= 15 is 0 Å². The zero-order chi connectivity index (χ0) is 15.1. The highest BCUT2D eigenvalue weighted by molar-refractivity contribution is 5.45. The molecule has 0 radical (unpaired) electrons. The molecule has 0 saturated heterocycles. The minimum atomic E-state index is 0.524. The van der Waals surface area contributed by atoms with E-state index in [0.717, 1.165) is 6.54 Å². The van der Waals surface area contributed by atoms with Crippen LogP contribution in [0.4, 0.5) is 0 Å². The van der Waals surface area contributed by atoms with Crippen molar-refractivity contribution in [3.05, 3.63) is 33.9 Å². The molecule has 114 valence electrons. The van der Waals surface area contributed by atoms with Gasteiger partial charge in [-0.25, -0.2) is 0 Å². The largest absolute Gasteiger partial charge is 0.310 e. The summed E-state index contributed by atoms with van der Waals surface area (Å²) in [7, 11) is 0. The maximum atomic E-state index is 3.71. The lowest BCUT2D eigenvalue weighted by molar-refractivity contribution is 0.478. The van der Waals surface area contributed by atoms with Crippen LogP contribution in [0, 0.1) is 27.7 Å². The van der Waals surface area contributed by atoms with Crippen molar-refractivity contribution in [3.8, 4) is 0 Å². The molecule has 0 spiro atoms. The zero-order valence-corrected chi connectivity index (χ0v) is 14.4. The number of unbranched alkanes of at least 4 members (excludes halogenated alkanes) is 3. The van der Waals surface area contributed by atoms with Crippen molar-refractivity contribution in [3.63, 3.8) is 0 Å². The summed E-state index contributed by atoms with van der Waals surface area (Å²) in [6.07, 6.45) is 6.63. The first kappa shape index (κ1) is 17.2. The SMILES string of the molecule is CCCCCCC(NCC)c1c(C)c(C)cc(C)c1C. The van der Waals surface area contributed by atoms with E-state index in [1.165, 1.54) is 54.4 Å². The molecule has 0 saturated carbocycles. The molecule has 1 aromatic rings. The van der Waals surface area contributed by atoms with Crippen molar-refractivity contribution < 1.29 is 0 Å². The van der Waals surface area contributed by atoms with Gasteiger partial charge in [0.1, 0.15) is 0 Å². The van der Waals surface area contributed by atoms with Crippen LogP contribution in [0.15, 0.2) is 6.07 Å². The predicted molar refractivity (Wildman–Crippen MR) is 90.6 cm³/mol. The Hall–Kier alpha value is -0.820. The van der Waals surface area contributed by atoms with Gasteiger partial charge in [0.05, 0.1) is 0 Å². The number of benzene rings is 1. The van der Waals surface area contributed by atoms with Crippen LogP contribution in [0.5, 0.6) is 0 Å². The van der Waals surface area contributed by atoms with E-state index in [1.54, 1.807) is 5.56 Å². The first-order valence-corrected chi connectivity index (χ1v) is 8.33. The molecule has 0 aliphatic rings. The number of hydrogen-bond donors (Lipinski definition) is 1. The molecular weight excluding hydrogens is 242 g/mol. The van der Waals surface area contributed by atoms with Crippen LogP contribution in [0.3, 0.4) is 0 Å². The fourth-order valence-electron chi connectivity index (χ4n) is 3.14. The van der Waals surface area contributed by atoms with Gasteiger partial charge in [0, 0.05) is 6.04 Å². The van der Waals surface area contributed by atoms with E-state index in [1.807, 2.05) is 0 Å². The Morgan fingerprint density at radius 3 is 2.00 bits per heavy atom. The van der Waals surface area contributed by atoms with Crippen molar-refractivity contribution in [1.29, 1.82) is 0 Å². The Bertz CT molecular complexity index is 394. The Labute approximate surface area is 126 Å². The van der Waals surface area contributed by atoms with Gasteiger partial charge in [-0.05, 0) is 68.5 Å². The number of aryl methyl sites for hydroxylation is 2. The molecule has 1 rings (SSSR count). The van der Waals surface area contributed by atoms with Crippen LogP contribution in [-0.4, -0.2) is 6.54 Å². The third-order valence-corrected chi connectivity index (χ3v) is 4.57. The van der Waals surface area contributed by atoms with Gasteiger partial charge in [-0.2, -0.15) is 0 Å². The van der Waals surface area contributed by atoms with Crippen LogP contribution in [-0.2, 0) is 0 Å². The fraction of sp³-hybridized carbons (Fsp3) is 0.684. The summed E-state index contributed by atoms with van der Waals surface area (Å²) in [5.41, 5.74) is 7.38. The Balaban J connectivity index is 2.96. The molecule has 0 fully saturated rings. The number of hydrogen-bond acceptors (Lipinski definition) is 1. The van der Waals surface area contributed by atoms with Crippen LogP contribution in [0.25, 0.3) is 0 Å². The summed E-state index contributed by atoms with van der Waals surface area (Å²) < 4.78 is 0. The molecule has 0 aliphatic heterocycles. The first-order valence-electron chi connectivity index (χ1n) is 8.33. The van der Waals surface area contributed by atoms with Crippen molar-refractivity contribution in [2.45, 2.75) is 79.7 Å². The van der Waals surface area contributed by atoms with Crippen LogP contribution < -0.4 is 5.32 Å². The van der Waals surface area contributed by atoms with Crippen molar-refractivity contribution in [2.24, 2.45) is 0 Å². The van der Waals surface area contributed by atoms with E-state index in [4.69, 9.17) is 0 Å². The van der Waals surface area contributed by atoms with Gasteiger partial charge >= 0.3 is 0 Å². The Morgan fingerprint density at radius 2 is 1.50 bits per heavy atom. The third kappa shape index (κ3) is 4.34. The highest BCUT2D eigenvalue weighted by atomic mass is 14.9. The Morgan fingerprint density at radius 1 is 0.900 bits per heavy atom. The molecule has 1 N–H and O–H groups in total. The summed E-state index contributed by atoms with van der Waals surface area (Å²) in [5.74, 6) is 0. The first-order chi connectivity index (χ1) is 9.52. The van der Waals surface area contributed by atoms with Gasteiger partial charge < -0.3 is 5.32 Å². The second-order valence-corrected chi connectivity index (χ2v) is 6.13. The maximum absolute atomic E-state index is 3.71. The standard InChI is InChI=1S/C19H33N/c1-7-9-10-11-12-18(20-8-2)19-16(5)14(3)13-15(4)17(19)6/h13,18,20H,7-12H2,1-6H3. The van der Waals surface area contributed by atoms with Gasteiger partial charge in [-0.1, -0.05) is 45.6 Å². The third-order valence-electron chi connectivity index (χ3n) is 4.57. The van der Waals surface area contributed by atoms with Gasteiger partial charge in [0.25, 0.3) is 0 Å². The maximum Gasteiger partial charge on any atom is 0.0325 e. The molecule has 1 heteroatoms. The molecule has 0 heterocycles. The van der Waals surface area contributed by atoms with Crippen LogP contribution >= 0.6 is 0 Å². The molecule has 1 aromatic carbocycles. The van der Waals surface area contributed by atoms with Gasteiger partial charge in [0.2, 0.25) is 0 Å². The molecule has 0 amide bonds. The minimum Gasteiger partial charge on any atom is -0.310 e. The van der Waals surface area contributed by atoms with Gasteiger partial charge in [-0.3, -0.25) is 0 Å². The predicted octanol–water partition coefficient (Wildman–Crippen LogP) is 5.54. The highest BCUT2D eigenvalue weighted by Gasteiger charge is 2.17. The topological polar surface area (TPSA) is 12.0 Å². The summed E-state index contributed by atoms with van der Waals surface area (Å²) in [4.78, 5) is 0. The smallest absolute Gasteiger partial charge is 0.0325 e. The lowest BCUT2D eigenvalue weighted by Crippen LogP contribution is -2.23. The lowest BCUT2D eigenvalue weighted by atomic mass is 9.87. The summed E-state index contributed by atoms with van der Waals surface area (Å²) in [5, 5.41) is 3.71. The lowest BCUT2D eigenvalue weighted by Gasteiger charge is -2.25. The van der Waals surface area contributed by atoms with Gasteiger partial charge in [0.15, 0.2) is 0 Å². The summed E-state index contributed by atoms with van der Waals surface area (Å²) in [6.45, 7) is 14.6. The molecule has 0 bridgehead atoms. The zero-order valence-electron chi connectivity index (χ0n) is 14.4. The van der Waals surface area contributed by atoms with Crippen molar-refractivity contribution >= 4 is 0 Å². The molecule has 1 atom stereocenters. The molecule has 1 nitrogen and oxygen atoms in total. The highest BCUT2D eigenvalue weighted by Crippen LogP contribution is 2.30. The molecule has 0 aliphatic carbocycles. The second kappa shape index (κ2) is 8.46. The van der Waals surface area contributed by atoms with E-state index in [2.05, 4.69) is 52.9 Å². The number of nitrogens with one attached hydrogen (secondary N) is 1. The summed E-state index contributed by atoms with van der Waals surface area (Å²) in [6, 6.07) is 2.85.